The summed E-state index contributed by atoms with van der Waals surface area (Å²) in [5, 5.41) is 0. The maximum Gasteiger partial charge on any atom is 0.322 e. The first kappa shape index (κ1) is 12.7. The molecule has 4 nitrogen and oxygen atoms in total. The van der Waals surface area contributed by atoms with E-state index in [2.05, 4.69) is 18.6 Å². The highest BCUT2D eigenvalue weighted by Gasteiger charge is 2.25. The molecular formula is C12H18O4. The topological polar surface area (TPSA) is 52.6 Å². The van der Waals surface area contributed by atoms with Crippen LogP contribution in [0.2, 0.25) is 0 Å². The van der Waals surface area contributed by atoms with E-state index in [9.17, 15) is 9.59 Å². The zero-order valence-corrected chi connectivity index (χ0v) is 10.0. The van der Waals surface area contributed by atoms with Gasteiger partial charge in [-0.05, 0) is 24.8 Å². The molecule has 0 radical (unpaired) electrons. The van der Waals surface area contributed by atoms with Gasteiger partial charge < -0.3 is 9.47 Å². The second kappa shape index (κ2) is 5.14. The molecule has 4 heteroatoms. The number of esters is 2. The smallest absolute Gasteiger partial charge is 0.322 e. The quantitative estimate of drug-likeness (QED) is 0.544. The molecule has 0 saturated heterocycles. The van der Waals surface area contributed by atoms with Crippen molar-refractivity contribution in [3.05, 3.63) is 11.8 Å². The summed E-state index contributed by atoms with van der Waals surface area (Å²) < 4.78 is 9.74. The van der Waals surface area contributed by atoms with Crippen LogP contribution < -0.4 is 0 Å². The molecule has 16 heavy (non-hydrogen) atoms. The summed E-state index contributed by atoms with van der Waals surface area (Å²) in [7, 11) is 0. The first-order chi connectivity index (χ1) is 7.43. The highest BCUT2D eigenvalue weighted by atomic mass is 16.6. The van der Waals surface area contributed by atoms with E-state index in [0.717, 1.165) is 12.8 Å². The van der Waals surface area contributed by atoms with Crippen LogP contribution in [0.5, 0.6) is 0 Å². The third-order valence-corrected chi connectivity index (χ3v) is 2.41. The Hall–Kier alpha value is -1.32. The van der Waals surface area contributed by atoms with Crippen LogP contribution in [0.15, 0.2) is 11.8 Å². The van der Waals surface area contributed by atoms with Crippen LogP contribution in [-0.4, -0.2) is 18.5 Å². The van der Waals surface area contributed by atoms with E-state index in [0.29, 0.717) is 5.76 Å². The molecule has 0 N–H and O–H groups in total. The fraction of sp³-hybridized carbons (Fsp3) is 0.667. The Morgan fingerprint density at radius 3 is 2.56 bits per heavy atom. The SMILES string of the molecule is CCOC(=O)CC(=O)OC1=CC(C)(C)CC1. The molecule has 0 aromatic heterocycles. The van der Waals surface area contributed by atoms with E-state index in [-0.39, 0.29) is 18.4 Å². The van der Waals surface area contributed by atoms with E-state index in [1.165, 1.54) is 0 Å². The number of hydrogen-bond acceptors (Lipinski definition) is 4. The number of carbonyl (C=O) groups is 2. The zero-order valence-electron chi connectivity index (χ0n) is 10.0. The zero-order chi connectivity index (χ0) is 12.2. The highest BCUT2D eigenvalue weighted by Crippen LogP contribution is 2.35. The highest BCUT2D eigenvalue weighted by molar-refractivity contribution is 5.91. The van der Waals surface area contributed by atoms with Crippen LogP contribution >= 0.6 is 0 Å². The van der Waals surface area contributed by atoms with Crippen LogP contribution in [0.3, 0.4) is 0 Å². The van der Waals surface area contributed by atoms with Gasteiger partial charge in [-0.15, -0.1) is 0 Å². The van der Waals surface area contributed by atoms with Gasteiger partial charge in [-0.25, -0.2) is 0 Å². The van der Waals surface area contributed by atoms with Gasteiger partial charge in [0.15, 0.2) is 0 Å². The van der Waals surface area contributed by atoms with Crippen molar-refractivity contribution >= 4 is 11.9 Å². The Morgan fingerprint density at radius 1 is 1.38 bits per heavy atom. The molecule has 90 valence electrons. The van der Waals surface area contributed by atoms with Gasteiger partial charge in [0, 0.05) is 6.42 Å². The molecule has 0 amide bonds. The van der Waals surface area contributed by atoms with Gasteiger partial charge in [-0.1, -0.05) is 13.8 Å². The average molecular weight is 226 g/mol. The molecule has 0 bridgehead atoms. The van der Waals surface area contributed by atoms with Gasteiger partial charge in [0.2, 0.25) is 0 Å². The average Bonchev–Trinajstić information content (AvgIpc) is 2.45. The first-order valence-corrected chi connectivity index (χ1v) is 5.51. The van der Waals surface area contributed by atoms with Gasteiger partial charge in [0.05, 0.1) is 6.61 Å². The van der Waals surface area contributed by atoms with Gasteiger partial charge in [0.25, 0.3) is 0 Å². The predicted octanol–water partition coefficient (Wildman–Crippen LogP) is 2.19. The number of carbonyl (C=O) groups excluding carboxylic acids is 2. The molecule has 0 fully saturated rings. The summed E-state index contributed by atoms with van der Waals surface area (Å²) in [4.78, 5) is 22.3. The molecule has 0 unspecified atom stereocenters. The molecule has 0 heterocycles. The molecule has 1 aliphatic carbocycles. The Labute approximate surface area is 95.6 Å². The molecule has 0 spiro atoms. The third kappa shape index (κ3) is 4.04. The van der Waals surface area contributed by atoms with Crippen molar-refractivity contribution in [1.29, 1.82) is 0 Å². The molecule has 0 aromatic rings. The Morgan fingerprint density at radius 2 is 2.06 bits per heavy atom. The molecule has 0 aliphatic heterocycles. The second-order valence-electron chi connectivity index (χ2n) is 4.56. The minimum Gasteiger partial charge on any atom is -0.466 e. The van der Waals surface area contributed by atoms with E-state index in [1.54, 1.807) is 6.92 Å². The molecular weight excluding hydrogens is 208 g/mol. The normalized spacial score (nSPS) is 17.8. The fourth-order valence-corrected chi connectivity index (χ4v) is 1.62. The standard InChI is InChI=1S/C12H18O4/c1-4-15-10(13)7-11(14)16-9-5-6-12(2,3)8-9/h8H,4-7H2,1-3H3. The van der Waals surface area contributed by atoms with Crippen molar-refractivity contribution in [3.8, 4) is 0 Å². The number of hydrogen-bond donors (Lipinski definition) is 0. The van der Waals surface area contributed by atoms with Crippen molar-refractivity contribution in [1.82, 2.24) is 0 Å². The lowest BCUT2D eigenvalue weighted by Crippen LogP contribution is -2.13. The summed E-state index contributed by atoms with van der Waals surface area (Å²) in [6, 6.07) is 0. The number of allylic oxidation sites excluding steroid dienone is 2. The molecule has 0 saturated carbocycles. The molecule has 1 aliphatic rings. The summed E-state index contributed by atoms with van der Waals surface area (Å²) >= 11 is 0. The Balaban J connectivity index is 2.38. The van der Waals surface area contributed by atoms with E-state index < -0.39 is 11.9 Å². The first-order valence-electron chi connectivity index (χ1n) is 5.51. The van der Waals surface area contributed by atoms with Gasteiger partial charge in [-0.2, -0.15) is 0 Å². The number of ether oxygens (including phenoxy) is 2. The minimum absolute atomic E-state index is 0.0829. The summed E-state index contributed by atoms with van der Waals surface area (Å²) in [6.07, 6.45) is 3.35. The molecule has 0 atom stereocenters. The minimum atomic E-state index is -0.539. The second-order valence-corrected chi connectivity index (χ2v) is 4.56. The maximum absolute atomic E-state index is 11.3. The summed E-state index contributed by atoms with van der Waals surface area (Å²) in [5.74, 6) is -0.410. The lowest BCUT2D eigenvalue weighted by Gasteiger charge is -2.10. The maximum atomic E-state index is 11.3. The third-order valence-electron chi connectivity index (χ3n) is 2.41. The fourth-order valence-electron chi connectivity index (χ4n) is 1.62. The van der Waals surface area contributed by atoms with Crippen molar-refractivity contribution in [2.24, 2.45) is 5.41 Å². The summed E-state index contributed by atoms with van der Waals surface area (Å²) in [5.41, 5.74) is 0.0829. The van der Waals surface area contributed by atoms with Crippen molar-refractivity contribution < 1.29 is 19.1 Å². The van der Waals surface area contributed by atoms with Crippen molar-refractivity contribution in [2.45, 2.75) is 40.0 Å². The van der Waals surface area contributed by atoms with Gasteiger partial charge in [-0.3, -0.25) is 9.59 Å². The van der Waals surface area contributed by atoms with Crippen LogP contribution in [-0.2, 0) is 19.1 Å². The van der Waals surface area contributed by atoms with Crippen LogP contribution in [0, 0.1) is 5.41 Å². The predicted molar refractivity (Wildman–Crippen MR) is 58.4 cm³/mol. The van der Waals surface area contributed by atoms with Crippen LogP contribution in [0.1, 0.15) is 40.0 Å². The van der Waals surface area contributed by atoms with E-state index >= 15 is 0 Å². The van der Waals surface area contributed by atoms with Gasteiger partial charge in [0.1, 0.15) is 12.2 Å². The van der Waals surface area contributed by atoms with Gasteiger partial charge >= 0.3 is 11.9 Å². The monoisotopic (exact) mass is 226 g/mol. The summed E-state index contributed by atoms with van der Waals surface area (Å²) in [6.45, 7) is 6.14. The van der Waals surface area contributed by atoms with Crippen molar-refractivity contribution in [3.63, 3.8) is 0 Å². The van der Waals surface area contributed by atoms with Crippen LogP contribution in [0.4, 0.5) is 0 Å². The molecule has 1 rings (SSSR count). The van der Waals surface area contributed by atoms with E-state index in [4.69, 9.17) is 4.74 Å². The Kier molecular flexibility index (Phi) is 4.10. The van der Waals surface area contributed by atoms with E-state index in [1.807, 2.05) is 6.08 Å². The lowest BCUT2D eigenvalue weighted by atomic mass is 9.94. The largest absolute Gasteiger partial charge is 0.466 e. The lowest BCUT2D eigenvalue weighted by molar-refractivity contribution is -0.152. The molecule has 0 aromatic carbocycles. The van der Waals surface area contributed by atoms with Crippen molar-refractivity contribution in [2.75, 3.05) is 6.61 Å². The Bertz CT molecular complexity index is 315. The van der Waals surface area contributed by atoms with Crippen LogP contribution in [0.25, 0.3) is 0 Å². The number of rotatable bonds is 4.